The number of furan rings is 1. The van der Waals surface area contributed by atoms with Crippen LogP contribution >= 0.6 is 15.9 Å². The van der Waals surface area contributed by atoms with Crippen molar-refractivity contribution in [3.05, 3.63) is 47.0 Å². The van der Waals surface area contributed by atoms with Crippen LogP contribution in [0.25, 0.3) is 0 Å². The van der Waals surface area contributed by atoms with Gasteiger partial charge in [-0.1, -0.05) is 6.07 Å². The van der Waals surface area contributed by atoms with Crippen LogP contribution in [-0.2, 0) is 0 Å². The summed E-state index contributed by atoms with van der Waals surface area (Å²) in [6.45, 7) is 0. The summed E-state index contributed by atoms with van der Waals surface area (Å²) >= 11 is 3.22. The minimum atomic E-state index is -0.241. The highest BCUT2D eigenvalue weighted by molar-refractivity contribution is 9.10. The summed E-state index contributed by atoms with van der Waals surface area (Å²) in [4.78, 5) is 15.6. The topological polar surface area (TPSA) is 55.1 Å². The van der Waals surface area contributed by atoms with Gasteiger partial charge in [-0.2, -0.15) is 0 Å². The van der Waals surface area contributed by atoms with Gasteiger partial charge in [-0.25, -0.2) is 4.98 Å². The van der Waals surface area contributed by atoms with Crippen molar-refractivity contribution in [2.24, 2.45) is 0 Å². The van der Waals surface area contributed by atoms with Gasteiger partial charge in [0.05, 0.1) is 11.8 Å². The molecular weight excluding hydrogens is 260 g/mol. The van der Waals surface area contributed by atoms with Gasteiger partial charge in [-0.15, -0.1) is 0 Å². The second-order valence-electron chi connectivity index (χ2n) is 2.81. The maximum absolute atomic E-state index is 11.6. The van der Waals surface area contributed by atoms with Gasteiger partial charge >= 0.3 is 0 Å². The van der Waals surface area contributed by atoms with Crippen LogP contribution in [0.15, 0.2) is 45.8 Å². The zero-order chi connectivity index (χ0) is 10.7. The van der Waals surface area contributed by atoms with E-state index in [1.165, 1.54) is 12.5 Å². The lowest BCUT2D eigenvalue weighted by Gasteiger charge is -2.01. The van der Waals surface area contributed by atoms with E-state index in [0.717, 1.165) is 0 Å². The molecule has 76 valence electrons. The highest BCUT2D eigenvalue weighted by Crippen LogP contribution is 2.11. The monoisotopic (exact) mass is 266 g/mol. The van der Waals surface area contributed by atoms with Gasteiger partial charge in [0, 0.05) is 0 Å². The van der Waals surface area contributed by atoms with Crippen LogP contribution in [0.1, 0.15) is 10.4 Å². The molecule has 1 amide bonds. The lowest BCUT2D eigenvalue weighted by Crippen LogP contribution is -2.11. The number of nitrogens with one attached hydrogen (secondary N) is 1. The molecule has 0 aliphatic carbocycles. The Kier molecular flexibility index (Phi) is 2.82. The Morgan fingerprint density at radius 3 is 2.93 bits per heavy atom. The molecule has 0 aromatic carbocycles. The van der Waals surface area contributed by atoms with Gasteiger partial charge in [0.15, 0.2) is 0 Å². The van der Waals surface area contributed by atoms with Crippen LogP contribution in [0.5, 0.6) is 0 Å². The highest BCUT2D eigenvalue weighted by Gasteiger charge is 2.07. The number of hydrogen-bond acceptors (Lipinski definition) is 3. The second kappa shape index (κ2) is 4.27. The van der Waals surface area contributed by atoms with E-state index in [9.17, 15) is 4.79 Å². The Hall–Kier alpha value is -1.62. The normalized spacial score (nSPS) is 9.93. The summed E-state index contributed by atoms with van der Waals surface area (Å²) in [5, 5.41) is 2.65. The van der Waals surface area contributed by atoms with Crippen molar-refractivity contribution in [3.63, 3.8) is 0 Å². The zero-order valence-electron chi connectivity index (χ0n) is 7.61. The van der Waals surface area contributed by atoms with Crippen molar-refractivity contribution in [2.75, 3.05) is 5.32 Å². The third kappa shape index (κ3) is 2.44. The molecule has 15 heavy (non-hydrogen) atoms. The number of anilines is 1. The molecule has 0 atom stereocenters. The Balaban J connectivity index is 2.13. The molecular formula is C10H7BrN2O2. The predicted octanol–water partition coefficient (Wildman–Crippen LogP) is 2.69. The summed E-state index contributed by atoms with van der Waals surface area (Å²) in [7, 11) is 0. The average Bonchev–Trinajstić information content (AvgIpc) is 2.70. The van der Waals surface area contributed by atoms with Crippen molar-refractivity contribution in [2.45, 2.75) is 0 Å². The van der Waals surface area contributed by atoms with Crippen molar-refractivity contribution in [1.29, 1.82) is 0 Å². The van der Waals surface area contributed by atoms with Crippen molar-refractivity contribution >= 4 is 27.7 Å². The molecule has 0 unspecified atom stereocenters. The minimum Gasteiger partial charge on any atom is -0.472 e. The van der Waals surface area contributed by atoms with Gasteiger partial charge < -0.3 is 9.73 Å². The first-order valence-corrected chi connectivity index (χ1v) is 5.01. The second-order valence-corrected chi connectivity index (χ2v) is 3.62. The molecule has 5 heteroatoms. The third-order valence-corrected chi connectivity index (χ3v) is 2.18. The van der Waals surface area contributed by atoms with Crippen LogP contribution in [-0.4, -0.2) is 10.9 Å². The van der Waals surface area contributed by atoms with Crippen LogP contribution < -0.4 is 5.32 Å². The summed E-state index contributed by atoms with van der Waals surface area (Å²) in [5.74, 6) is 0.255. The maximum atomic E-state index is 11.6. The van der Waals surface area contributed by atoms with E-state index < -0.39 is 0 Å². The fraction of sp³-hybridized carbons (Fsp3) is 0. The van der Waals surface area contributed by atoms with Crippen molar-refractivity contribution in [1.82, 2.24) is 4.98 Å². The lowest BCUT2D eigenvalue weighted by atomic mass is 10.3. The van der Waals surface area contributed by atoms with Crippen molar-refractivity contribution < 1.29 is 9.21 Å². The quantitative estimate of drug-likeness (QED) is 0.851. The van der Waals surface area contributed by atoms with Crippen LogP contribution in [0.3, 0.4) is 0 Å². The number of pyridine rings is 1. The molecule has 1 N–H and O–H groups in total. The molecule has 0 aliphatic rings. The fourth-order valence-corrected chi connectivity index (χ4v) is 1.40. The van der Waals surface area contributed by atoms with E-state index in [2.05, 4.69) is 26.2 Å². The molecule has 2 heterocycles. The van der Waals surface area contributed by atoms with E-state index in [4.69, 9.17) is 4.42 Å². The number of aromatic nitrogens is 1. The molecule has 0 radical (unpaired) electrons. The molecule has 0 spiro atoms. The van der Waals surface area contributed by atoms with Crippen LogP contribution in [0.4, 0.5) is 5.82 Å². The van der Waals surface area contributed by atoms with E-state index in [1.54, 1.807) is 24.3 Å². The van der Waals surface area contributed by atoms with E-state index >= 15 is 0 Å². The molecule has 0 aliphatic heterocycles. The minimum absolute atomic E-state index is 0.241. The summed E-state index contributed by atoms with van der Waals surface area (Å²) < 4.78 is 5.48. The average molecular weight is 267 g/mol. The molecule has 0 bridgehead atoms. The first-order valence-electron chi connectivity index (χ1n) is 4.22. The highest BCUT2D eigenvalue weighted by atomic mass is 79.9. The summed E-state index contributed by atoms with van der Waals surface area (Å²) in [6.07, 6.45) is 2.83. The number of carbonyl (C=O) groups is 1. The number of halogens is 1. The van der Waals surface area contributed by atoms with Gasteiger partial charge in [-0.3, -0.25) is 4.79 Å². The maximum Gasteiger partial charge on any atom is 0.260 e. The van der Waals surface area contributed by atoms with E-state index in [-0.39, 0.29) is 5.91 Å². The number of hydrogen-bond donors (Lipinski definition) is 1. The molecule has 0 saturated carbocycles. The standard InChI is InChI=1S/C10H7BrN2O2/c11-8-2-1-3-9(12-8)13-10(14)7-4-5-15-6-7/h1-6H,(H,12,13,14). The fourth-order valence-electron chi connectivity index (χ4n) is 1.06. The smallest absolute Gasteiger partial charge is 0.260 e. The molecule has 2 aromatic rings. The first kappa shape index (κ1) is 9.92. The molecule has 4 nitrogen and oxygen atoms in total. The Morgan fingerprint density at radius 1 is 1.40 bits per heavy atom. The van der Waals surface area contributed by atoms with Gasteiger partial charge in [0.1, 0.15) is 16.7 Å². The van der Waals surface area contributed by atoms with Crippen LogP contribution in [0, 0.1) is 0 Å². The number of rotatable bonds is 2. The van der Waals surface area contributed by atoms with Crippen LogP contribution in [0.2, 0.25) is 0 Å². The Morgan fingerprint density at radius 2 is 2.27 bits per heavy atom. The summed E-state index contributed by atoms with van der Waals surface area (Å²) in [5.41, 5.74) is 0.469. The van der Waals surface area contributed by atoms with E-state index in [1.807, 2.05) is 0 Å². The number of nitrogens with zero attached hydrogens (tertiary/aromatic N) is 1. The van der Waals surface area contributed by atoms with Crippen molar-refractivity contribution in [3.8, 4) is 0 Å². The Bertz CT molecular complexity index is 468. The first-order chi connectivity index (χ1) is 7.25. The molecule has 0 fully saturated rings. The van der Waals surface area contributed by atoms with Gasteiger partial charge in [0.2, 0.25) is 0 Å². The largest absolute Gasteiger partial charge is 0.472 e. The molecule has 2 rings (SSSR count). The third-order valence-electron chi connectivity index (χ3n) is 1.74. The SMILES string of the molecule is O=C(Nc1cccc(Br)n1)c1ccoc1. The number of carbonyl (C=O) groups excluding carboxylic acids is 1. The summed E-state index contributed by atoms with van der Waals surface area (Å²) in [6, 6.07) is 6.88. The Labute approximate surface area is 94.4 Å². The lowest BCUT2D eigenvalue weighted by molar-refractivity contribution is 0.102. The molecule has 0 saturated heterocycles. The zero-order valence-corrected chi connectivity index (χ0v) is 9.19. The van der Waals surface area contributed by atoms with Gasteiger partial charge in [0.25, 0.3) is 5.91 Å². The number of amides is 1. The van der Waals surface area contributed by atoms with E-state index in [0.29, 0.717) is 16.0 Å². The predicted molar refractivity (Wildman–Crippen MR) is 58.6 cm³/mol. The van der Waals surface area contributed by atoms with Gasteiger partial charge in [-0.05, 0) is 34.1 Å². The molecule has 2 aromatic heterocycles.